The molecule has 0 bridgehead atoms. The first kappa shape index (κ1) is 18.0. The first-order valence-electron chi connectivity index (χ1n) is 8.29. The highest BCUT2D eigenvalue weighted by Gasteiger charge is 2.04. The Morgan fingerprint density at radius 2 is 1.17 bits per heavy atom. The van der Waals surface area contributed by atoms with Gasteiger partial charge in [0.15, 0.2) is 0 Å². The third kappa shape index (κ3) is 12.5. The normalized spacial score (nSPS) is 13.2. The molecule has 0 heterocycles. The topological polar surface area (TPSA) is 0 Å². The Balaban J connectivity index is 3.15. The second kappa shape index (κ2) is 13.4. The third-order valence-corrected chi connectivity index (χ3v) is 3.91. The lowest BCUT2D eigenvalue weighted by Gasteiger charge is -2.12. The molecular weight excluding hydrogens is 216 g/mol. The van der Waals surface area contributed by atoms with Crippen LogP contribution in [0.2, 0.25) is 0 Å². The maximum absolute atomic E-state index is 4.04. The van der Waals surface area contributed by atoms with E-state index in [9.17, 15) is 0 Å². The number of rotatable bonds is 13. The Morgan fingerprint density at radius 3 is 1.61 bits per heavy atom. The van der Waals surface area contributed by atoms with Crippen molar-refractivity contribution in [2.75, 3.05) is 0 Å². The van der Waals surface area contributed by atoms with Crippen LogP contribution in [0.4, 0.5) is 0 Å². The van der Waals surface area contributed by atoms with Crippen LogP contribution in [-0.4, -0.2) is 0 Å². The zero-order valence-electron chi connectivity index (χ0n) is 13.1. The van der Waals surface area contributed by atoms with Crippen molar-refractivity contribution in [3.05, 3.63) is 13.8 Å². The molecule has 0 aliphatic rings. The SMILES string of the molecule is [CH2]CCC(C[CH2])CCCCCCCCCC(C)C. The minimum absolute atomic E-state index is 0.841. The van der Waals surface area contributed by atoms with Crippen molar-refractivity contribution < 1.29 is 0 Å². The summed E-state index contributed by atoms with van der Waals surface area (Å²) in [6, 6.07) is 0. The summed E-state index contributed by atoms with van der Waals surface area (Å²) >= 11 is 0. The molecule has 0 saturated heterocycles. The summed E-state index contributed by atoms with van der Waals surface area (Å²) in [6.07, 6.45) is 16.3. The Bertz CT molecular complexity index is 148. The van der Waals surface area contributed by atoms with Crippen LogP contribution < -0.4 is 0 Å². The number of hydrogen-bond donors (Lipinski definition) is 0. The molecule has 0 aromatic heterocycles. The molecule has 18 heavy (non-hydrogen) atoms. The Labute approximate surface area is 117 Å². The molecule has 108 valence electrons. The maximum atomic E-state index is 4.04. The quantitative estimate of drug-likeness (QED) is 0.324. The molecule has 0 N–H and O–H groups in total. The van der Waals surface area contributed by atoms with E-state index in [4.69, 9.17) is 0 Å². The highest BCUT2D eigenvalue weighted by atomic mass is 14.1. The fourth-order valence-corrected chi connectivity index (χ4v) is 2.59. The van der Waals surface area contributed by atoms with Crippen molar-refractivity contribution in [3.63, 3.8) is 0 Å². The highest BCUT2D eigenvalue weighted by molar-refractivity contribution is 4.62. The molecule has 1 atom stereocenters. The van der Waals surface area contributed by atoms with Crippen molar-refractivity contribution in [2.24, 2.45) is 11.8 Å². The second-order valence-corrected chi connectivity index (χ2v) is 6.24. The summed E-state index contributed by atoms with van der Waals surface area (Å²) in [7, 11) is 0. The molecule has 0 amide bonds. The van der Waals surface area contributed by atoms with Gasteiger partial charge in [0.25, 0.3) is 0 Å². The van der Waals surface area contributed by atoms with Crippen molar-refractivity contribution in [2.45, 2.75) is 90.9 Å². The molecule has 0 nitrogen and oxygen atoms in total. The van der Waals surface area contributed by atoms with Gasteiger partial charge < -0.3 is 0 Å². The first-order chi connectivity index (χ1) is 8.70. The minimum Gasteiger partial charge on any atom is -0.0628 e. The summed E-state index contributed by atoms with van der Waals surface area (Å²) in [5.41, 5.74) is 0. The Hall–Kier alpha value is 0. The number of unbranched alkanes of at least 4 members (excludes halogenated alkanes) is 6. The lowest BCUT2D eigenvalue weighted by Crippen LogP contribution is -1.98. The maximum Gasteiger partial charge on any atom is -0.0414 e. The lowest BCUT2D eigenvalue weighted by molar-refractivity contribution is 0.426. The molecule has 0 fully saturated rings. The molecule has 0 aromatic carbocycles. The monoisotopic (exact) mass is 252 g/mol. The molecule has 2 radical (unpaired) electrons. The average Bonchev–Trinajstić information content (AvgIpc) is 2.35. The standard InChI is InChI=1S/C18H36/c1-5-14-18(6-2)16-13-11-9-7-8-10-12-15-17(3)4/h17-18H,1-2,5-16H2,3-4H3. The van der Waals surface area contributed by atoms with Crippen molar-refractivity contribution in [3.8, 4) is 0 Å². The van der Waals surface area contributed by atoms with Crippen molar-refractivity contribution in [1.82, 2.24) is 0 Å². The van der Waals surface area contributed by atoms with Crippen LogP contribution in [0.1, 0.15) is 90.9 Å². The zero-order valence-corrected chi connectivity index (χ0v) is 13.1. The lowest BCUT2D eigenvalue weighted by atomic mass is 9.94. The van der Waals surface area contributed by atoms with Gasteiger partial charge in [0, 0.05) is 0 Å². The summed E-state index contributed by atoms with van der Waals surface area (Å²) < 4.78 is 0. The first-order valence-corrected chi connectivity index (χ1v) is 8.29. The molecule has 0 aliphatic carbocycles. The van der Waals surface area contributed by atoms with E-state index in [1.54, 1.807) is 0 Å². The van der Waals surface area contributed by atoms with Crippen molar-refractivity contribution >= 4 is 0 Å². The molecule has 0 aliphatic heterocycles. The van der Waals surface area contributed by atoms with Crippen LogP contribution in [0, 0.1) is 25.7 Å². The van der Waals surface area contributed by atoms with Gasteiger partial charge in [-0.2, -0.15) is 0 Å². The van der Waals surface area contributed by atoms with Gasteiger partial charge in [-0.25, -0.2) is 0 Å². The van der Waals surface area contributed by atoms with E-state index in [0.29, 0.717) is 0 Å². The predicted molar refractivity (Wildman–Crippen MR) is 84.4 cm³/mol. The predicted octanol–water partition coefficient (Wildman–Crippen LogP) is 6.61. The van der Waals surface area contributed by atoms with Crippen LogP contribution in [0.5, 0.6) is 0 Å². The number of hydrogen-bond acceptors (Lipinski definition) is 0. The van der Waals surface area contributed by atoms with E-state index in [2.05, 4.69) is 27.7 Å². The van der Waals surface area contributed by atoms with Gasteiger partial charge in [0.05, 0.1) is 0 Å². The Morgan fingerprint density at radius 1 is 0.667 bits per heavy atom. The highest BCUT2D eigenvalue weighted by Crippen LogP contribution is 2.19. The largest absolute Gasteiger partial charge is 0.0628 e. The average molecular weight is 252 g/mol. The third-order valence-electron chi connectivity index (χ3n) is 3.91. The molecule has 1 unspecified atom stereocenters. The van der Waals surface area contributed by atoms with E-state index in [-0.39, 0.29) is 0 Å². The summed E-state index contributed by atoms with van der Waals surface area (Å²) in [6.45, 7) is 12.6. The van der Waals surface area contributed by atoms with E-state index >= 15 is 0 Å². The molecular formula is C18H36. The van der Waals surface area contributed by atoms with Crippen LogP contribution in [-0.2, 0) is 0 Å². The summed E-state index contributed by atoms with van der Waals surface area (Å²) in [5.74, 6) is 1.73. The van der Waals surface area contributed by atoms with Crippen molar-refractivity contribution in [1.29, 1.82) is 0 Å². The minimum atomic E-state index is 0.841. The van der Waals surface area contributed by atoms with Gasteiger partial charge in [0.1, 0.15) is 0 Å². The van der Waals surface area contributed by atoms with Gasteiger partial charge in [-0.05, 0) is 11.8 Å². The Kier molecular flexibility index (Phi) is 13.4. The van der Waals surface area contributed by atoms with E-state index in [1.165, 1.54) is 64.2 Å². The smallest absolute Gasteiger partial charge is 0.0414 e. The van der Waals surface area contributed by atoms with Gasteiger partial charge in [-0.15, -0.1) is 0 Å². The van der Waals surface area contributed by atoms with Crippen LogP contribution in [0.15, 0.2) is 0 Å². The summed E-state index contributed by atoms with van der Waals surface area (Å²) in [5, 5.41) is 0. The molecule has 0 saturated carbocycles. The molecule has 0 spiro atoms. The fraction of sp³-hybridized carbons (Fsp3) is 0.889. The zero-order chi connectivity index (χ0) is 13.6. The molecule has 0 aromatic rings. The van der Waals surface area contributed by atoms with Crippen LogP contribution >= 0.6 is 0 Å². The van der Waals surface area contributed by atoms with Gasteiger partial charge in [-0.1, -0.05) is 105 Å². The van der Waals surface area contributed by atoms with E-state index < -0.39 is 0 Å². The van der Waals surface area contributed by atoms with Gasteiger partial charge in [0.2, 0.25) is 0 Å². The van der Waals surface area contributed by atoms with Crippen LogP contribution in [0.25, 0.3) is 0 Å². The van der Waals surface area contributed by atoms with E-state index in [0.717, 1.165) is 24.7 Å². The van der Waals surface area contributed by atoms with E-state index in [1.807, 2.05) is 0 Å². The second-order valence-electron chi connectivity index (χ2n) is 6.24. The van der Waals surface area contributed by atoms with Crippen LogP contribution in [0.3, 0.4) is 0 Å². The molecule has 0 heteroatoms. The van der Waals surface area contributed by atoms with Gasteiger partial charge >= 0.3 is 0 Å². The van der Waals surface area contributed by atoms with Gasteiger partial charge in [-0.3, -0.25) is 0 Å². The summed E-state index contributed by atoms with van der Waals surface area (Å²) in [4.78, 5) is 0. The fourth-order valence-electron chi connectivity index (χ4n) is 2.59. The molecule has 0 rings (SSSR count).